The summed E-state index contributed by atoms with van der Waals surface area (Å²) < 4.78 is 11.1. The van der Waals surface area contributed by atoms with Crippen LogP contribution in [0.1, 0.15) is 35.5 Å². The maximum Gasteiger partial charge on any atom is 0.276 e. The summed E-state index contributed by atoms with van der Waals surface area (Å²) in [7, 11) is 0. The lowest BCUT2D eigenvalue weighted by atomic mass is 9.92. The summed E-state index contributed by atoms with van der Waals surface area (Å²) in [4.78, 5) is 28.7. The van der Waals surface area contributed by atoms with Crippen molar-refractivity contribution in [3.63, 3.8) is 0 Å². The SMILES string of the molecule is Cc1cc(C(=O)N2CCCC3(CC2)CN(c2ccccc2)C(=O)CO3)no1. The van der Waals surface area contributed by atoms with Crippen molar-refractivity contribution < 1.29 is 18.8 Å². The highest BCUT2D eigenvalue weighted by atomic mass is 16.5. The van der Waals surface area contributed by atoms with Gasteiger partial charge in [-0.15, -0.1) is 0 Å². The predicted octanol–water partition coefficient (Wildman–Crippen LogP) is 2.41. The van der Waals surface area contributed by atoms with E-state index in [-0.39, 0.29) is 18.4 Å². The van der Waals surface area contributed by atoms with Gasteiger partial charge in [-0.05, 0) is 38.3 Å². The number of anilines is 1. The molecule has 0 radical (unpaired) electrons. The Morgan fingerprint density at radius 3 is 2.74 bits per heavy atom. The molecule has 0 N–H and O–H groups in total. The third-order valence-electron chi connectivity index (χ3n) is 5.35. The molecule has 142 valence electrons. The van der Waals surface area contributed by atoms with Gasteiger partial charge in [0.1, 0.15) is 12.4 Å². The van der Waals surface area contributed by atoms with Crippen molar-refractivity contribution in [1.82, 2.24) is 10.1 Å². The van der Waals surface area contributed by atoms with Crippen molar-refractivity contribution in [2.24, 2.45) is 0 Å². The summed E-state index contributed by atoms with van der Waals surface area (Å²) in [6.45, 7) is 3.58. The van der Waals surface area contributed by atoms with E-state index < -0.39 is 5.60 Å². The highest BCUT2D eigenvalue weighted by Gasteiger charge is 2.42. The molecule has 0 aliphatic carbocycles. The van der Waals surface area contributed by atoms with Crippen LogP contribution in [0.4, 0.5) is 5.69 Å². The number of morpholine rings is 1. The van der Waals surface area contributed by atoms with Crippen molar-refractivity contribution in [3.05, 3.63) is 47.9 Å². The van der Waals surface area contributed by atoms with Crippen molar-refractivity contribution >= 4 is 17.5 Å². The van der Waals surface area contributed by atoms with Crippen LogP contribution in [0.3, 0.4) is 0 Å². The highest BCUT2D eigenvalue weighted by Crippen LogP contribution is 2.33. The van der Waals surface area contributed by atoms with Crippen molar-refractivity contribution in [2.75, 3.05) is 31.1 Å². The Bertz CT molecular complexity index is 835. The summed E-state index contributed by atoms with van der Waals surface area (Å²) in [6, 6.07) is 11.3. The van der Waals surface area contributed by atoms with E-state index in [1.165, 1.54) is 0 Å². The molecule has 0 bridgehead atoms. The molecular weight excluding hydrogens is 346 g/mol. The minimum atomic E-state index is -0.418. The highest BCUT2D eigenvalue weighted by molar-refractivity contribution is 5.95. The molecular formula is C20H23N3O4. The first-order chi connectivity index (χ1) is 13.1. The number of amides is 2. The van der Waals surface area contributed by atoms with Crippen LogP contribution in [-0.4, -0.2) is 53.7 Å². The Morgan fingerprint density at radius 2 is 2.00 bits per heavy atom. The fourth-order valence-corrected chi connectivity index (χ4v) is 3.86. The van der Waals surface area contributed by atoms with E-state index in [1.807, 2.05) is 35.2 Å². The average Bonchev–Trinajstić information content (AvgIpc) is 3.02. The number of likely N-dealkylation sites (tertiary alicyclic amines) is 1. The molecule has 2 aliphatic heterocycles. The Hall–Kier alpha value is -2.67. The molecule has 3 heterocycles. The fourth-order valence-electron chi connectivity index (χ4n) is 3.86. The van der Waals surface area contributed by atoms with Crippen LogP contribution in [0.15, 0.2) is 40.9 Å². The second-order valence-corrected chi connectivity index (χ2v) is 7.26. The van der Waals surface area contributed by atoms with Crippen molar-refractivity contribution in [1.29, 1.82) is 0 Å². The van der Waals surface area contributed by atoms with Gasteiger partial charge in [0.05, 0.1) is 12.1 Å². The van der Waals surface area contributed by atoms with Gasteiger partial charge in [0.25, 0.3) is 11.8 Å². The number of nitrogens with zero attached hydrogens (tertiary/aromatic N) is 3. The van der Waals surface area contributed by atoms with Gasteiger partial charge >= 0.3 is 0 Å². The standard InChI is InChI=1S/C20H23N3O4/c1-15-12-17(21-27-15)19(25)22-10-5-8-20(9-11-22)14-23(18(24)13-26-20)16-6-3-2-4-7-16/h2-4,6-7,12H,5,8-11,13-14H2,1H3. The van der Waals surface area contributed by atoms with E-state index in [0.717, 1.165) is 18.5 Å². The molecule has 27 heavy (non-hydrogen) atoms. The number of hydrogen-bond donors (Lipinski definition) is 0. The van der Waals surface area contributed by atoms with E-state index in [9.17, 15) is 9.59 Å². The molecule has 2 amide bonds. The lowest BCUT2D eigenvalue weighted by Gasteiger charge is -2.42. The number of aromatic nitrogens is 1. The lowest BCUT2D eigenvalue weighted by molar-refractivity contribution is -0.140. The average molecular weight is 369 g/mol. The number of para-hydroxylation sites is 1. The number of carbonyl (C=O) groups is 2. The topological polar surface area (TPSA) is 75.9 Å². The molecule has 7 heteroatoms. The zero-order valence-electron chi connectivity index (χ0n) is 15.4. The normalized spacial score (nSPS) is 23.5. The number of rotatable bonds is 2. The van der Waals surface area contributed by atoms with Gasteiger partial charge < -0.3 is 19.1 Å². The Labute approximate surface area is 157 Å². The van der Waals surface area contributed by atoms with E-state index >= 15 is 0 Å². The fraction of sp³-hybridized carbons (Fsp3) is 0.450. The first-order valence-electron chi connectivity index (χ1n) is 9.28. The first kappa shape index (κ1) is 17.7. The van der Waals surface area contributed by atoms with Crippen LogP contribution in [0.5, 0.6) is 0 Å². The molecule has 1 spiro atoms. The van der Waals surface area contributed by atoms with Gasteiger partial charge in [0, 0.05) is 24.8 Å². The Balaban J connectivity index is 1.48. The molecule has 7 nitrogen and oxygen atoms in total. The number of ether oxygens (including phenoxy) is 1. The van der Waals surface area contributed by atoms with Gasteiger partial charge in [0.15, 0.2) is 5.69 Å². The van der Waals surface area contributed by atoms with E-state index in [0.29, 0.717) is 37.5 Å². The minimum absolute atomic E-state index is 0.0259. The molecule has 2 aliphatic rings. The first-order valence-corrected chi connectivity index (χ1v) is 9.28. The predicted molar refractivity (Wildman–Crippen MR) is 98.5 cm³/mol. The minimum Gasteiger partial charge on any atom is -0.363 e. The van der Waals surface area contributed by atoms with Crippen LogP contribution in [0, 0.1) is 6.92 Å². The molecule has 2 aromatic rings. The maximum atomic E-state index is 12.7. The molecule has 1 atom stereocenters. The molecule has 1 unspecified atom stereocenters. The van der Waals surface area contributed by atoms with Crippen molar-refractivity contribution in [2.45, 2.75) is 31.8 Å². The smallest absolute Gasteiger partial charge is 0.276 e. The molecule has 4 rings (SSSR count). The van der Waals surface area contributed by atoms with E-state index in [2.05, 4.69) is 5.16 Å². The van der Waals surface area contributed by atoms with Crippen LogP contribution in [-0.2, 0) is 9.53 Å². The van der Waals surface area contributed by atoms with Crippen LogP contribution >= 0.6 is 0 Å². The molecule has 2 saturated heterocycles. The van der Waals surface area contributed by atoms with Crippen molar-refractivity contribution in [3.8, 4) is 0 Å². The quantitative estimate of drug-likeness (QED) is 0.813. The maximum absolute atomic E-state index is 12.7. The van der Waals surface area contributed by atoms with Crippen LogP contribution < -0.4 is 4.90 Å². The number of hydrogen-bond acceptors (Lipinski definition) is 5. The summed E-state index contributed by atoms with van der Waals surface area (Å²) in [5.41, 5.74) is 0.813. The third kappa shape index (κ3) is 3.60. The van der Waals surface area contributed by atoms with E-state index in [4.69, 9.17) is 9.26 Å². The van der Waals surface area contributed by atoms with Crippen LogP contribution in [0.2, 0.25) is 0 Å². The second-order valence-electron chi connectivity index (χ2n) is 7.26. The van der Waals surface area contributed by atoms with Gasteiger partial charge in [-0.25, -0.2) is 0 Å². The third-order valence-corrected chi connectivity index (χ3v) is 5.35. The van der Waals surface area contributed by atoms with Crippen LogP contribution in [0.25, 0.3) is 0 Å². The van der Waals surface area contributed by atoms with Gasteiger partial charge in [-0.2, -0.15) is 0 Å². The number of aryl methyl sites for hydroxylation is 1. The zero-order valence-corrected chi connectivity index (χ0v) is 15.4. The second kappa shape index (κ2) is 7.15. The molecule has 0 saturated carbocycles. The summed E-state index contributed by atoms with van der Waals surface area (Å²) in [5.74, 6) is 0.482. The lowest BCUT2D eigenvalue weighted by Crippen LogP contribution is -2.55. The van der Waals surface area contributed by atoms with Gasteiger partial charge in [-0.3, -0.25) is 9.59 Å². The molecule has 1 aromatic carbocycles. The Morgan fingerprint density at radius 1 is 1.19 bits per heavy atom. The summed E-state index contributed by atoms with van der Waals surface area (Å²) in [6.07, 6.45) is 2.32. The summed E-state index contributed by atoms with van der Waals surface area (Å²) in [5, 5.41) is 3.84. The number of benzene rings is 1. The largest absolute Gasteiger partial charge is 0.363 e. The monoisotopic (exact) mass is 369 g/mol. The molecule has 2 fully saturated rings. The summed E-state index contributed by atoms with van der Waals surface area (Å²) >= 11 is 0. The van der Waals surface area contributed by atoms with E-state index in [1.54, 1.807) is 17.9 Å². The zero-order chi connectivity index (χ0) is 18.9. The van der Waals surface area contributed by atoms with Gasteiger partial charge in [-0.1, -0.05) is 23.4 Å². The Kier molecular flexibility index (Phi) is 4.70. The van der Waals surface area contributed by atoms with Gasteiger partial charge in [0.2, 0.25) is 0 Å². The molecule has 1 aromatic heterocycles. The number of carbonyl (C=O) groups excluding carboxylic acids is 2.